The third-order valence-electron chi connectivity index (χ3n) is 10.2. The number of rotatable bonds is 5. The normalized spacial score (nSPS) is 11.9. The minimum atomic E-state index is 0.509. The van der Waals surface area contributed by atoms with Gasteiger partial charge in [-0.05, 0) is 92.6 Å². The summed E-state index contributed by atoms with van der Waals surface area (Å²) in [5, 5.41) is 6.45. The molecule has 53 heavy (non-hydrogen) atoms. The van der Waals surface area contributed by atoms with E-state index in [1.807, 2.05) is 60.7 Å². The number of nitrogens with zero attached hydrogens (tertiary/aromatic N) is 2. The van der Waals surface area contributed by atoms with Crippen molar-refractivity contribution in [3.05, 3.63) is 168 Å². The number of benzene rings is 8. The molecule has 0 saturated carbocycles. The fourth-order valence-corrected chi connectivity index (χ4v) is 8.52. The Morgan fingerprint density at radius 2 is 1.13 bits per heavy atom. The molecular formula is C47H27BrN2O3. The van der Waals surface area contributed by atoms with Crippen molar-refractivity contribution in [3.63, 3.8) is 0 Å². The first-order valence-electron chi connectivity index (χ1n) is 17.5. The van der Waals surface area contributed by atoms with Gasteiger partial charge in [0.2, 0.25) is 0 Å². The molecule has 8 aromatic carbocycles. The van der Waals surface area contributed by atoms with Crippen molar-refractivity contribution in [3.8, 4) is 22.3 Å². The van der Waals surface area contributed by atoms with Gasteiger partial charge in [0, 0.05) is 37.0 Å². The number of anilines is 3. The van der Waals surface area contributed by atoms with Crippen molar-refractivity contribution in [2.75, 3.05) is 4.90 Å². The maximum atomic E-state index is 6.79. The van der Waals surface area contributed by atoms with Crippen LogP contribution in [0, 0.1) is 0 Å². The van der Waals surface area contributed by atoms with Crippen LogP contribution in [0.3, 0.4) is 0 Å². The van der Waals surface area contributed by atoms with Crippen LogP contribution < -0.4 is 4.90 Å². The Kier molecular flexibility index (Phi) is 6.63. The Morgan fingerprint density at radius 3 is 2.02 bits per heavy atom. The fraction of sp³-hybridized carbons (Fsp3) is 0. The van der Waals surface area contributed by atoms with Gasteiger partial charge in [-0.2, -0.15) is 4.98 Å². The second-order valence-electron chi connectivity index (χ2n) is 13.2. The molecule has 0 aliphatic rings. The quantitative estimate of drug-likeness (QED) is 0.175. The highest BCUT2D eigenvalue weighted by atomic mass is 79.9. The molecule has 0 amide bonds. The summed E-state index contributed by atoms with van der Waals surface area (Å²) in [6.07, 6.45) is 0. The number of furan rings is 2. The number of oxazole rings is 1. The van der Waals surface area contributed by atoms with Crippen LogP contribution in [0.25, 0.3) is 88.0 Å². The van der Waals surface area contributed by atoms with E-state index in [1.54, 1.807) is 0 Å². The van der Waals surface area contributed by atoms with Gasteiger partial charge in [-0.1, -0.05) is 109 Å². The van der Waals surface area contributed by atoms with E-state index in [0.29, 0.717) is 6.01 Å². The predicted molar refractivity (Wildman–Crippen MR) is 219 cm³/mol. The molecule has 3 heterocycles. The number of para-hydroxylation sites is 5. The van der Waals surface area contributed by atoms with Gasteiger partial charge < -0.3 is 13.3 Å². The van der Waals surface area contributed by atoms with Crippen molar-refractivity contribution in [2.24, 2.45) is 0 Å². The van der Waals surface area contributed by atoms with E-state index in [2.05, 4.69) is 124 Å². The molecule has 0 fully saturated rings. The smallest absolute Gasteiger partial charge is 0.307 e. The summed E-state index contributed by atoms with van der Waals surface area (Å²) in [5.74, 6) is 0. The average Bonchev–Trinajstić information content (AvgIpc) is 3.92. The highest BCUT2D eigenvalue weighted by molar-refractivity contribution is 9.10. The Morgan fingerprint density at radius 1 is 0.453 bits per heavy atom. The number of hydrogen-bond acceptors (Lipinski definition) is 5. The zero-order chi connectivity index (χ0) is 35.0. The second-order valence-corrected chi connectivity index (χ2v) is 14.1. The molecule has 6 heteroatoms. The summed E-state index contributed by atoms with van der Waals surface area (Å²) in [4.78, 5) is 7.01. The Bertz CT molecular complexity index is 3180. The van der Waals surface area contributed by atoms with Gasteiger partial charge in [-0.3, -0.25) is 4.90 Å². The maximum absolute atomic E-state index is 6.79. The van der Waals surface area contributed by atoms with Gasteiger partial charge in [0.05, 0.1) is 11.4 Å². The molecule has 0 aliphatic carbocycles. The molecule has 0 aliphatic heterocycles. The summed E-state index contributed by atoms with van der Waals surface area (Å²) in [5.41, 5.74) is 11.1. The molecule has 11 rings (SSSR count). The monoisotopic (exact) mass is 746 g/mol. The molecule has 11 aromatic rings. The van der Waals surface area contributed by atoms with Crippen molar-refractivity contribution in [1.82, 2.24) is 4.98 Å². The van der Waals surface area contributed by atoms with Crippen LogP contribution in [-0.4, -0.2) is 4.98 Å². The molecule has 0 N–H and O–H groups in total. The first-order valence-corrected chi connectivity index (χ1v) is 18.3. The van der Waals surface area contributed by atoms with Crippen molar-refractivity contribution >= 4 is 99.1 Å². The molecule has 0 spiro atoms. The van der Waals surface area contributed by atoms with Crippen LogP contribution in [0.15, 0.2) is 182 Å². The lowest BCUT2D eigenvalue weighted by Gasteiger charge is -2.23. The number of fused-ring (bicyclic) bond motifs is 8. The van der Waals surface area contributed by atoms with Crippen molar-refractivity contribution in [1.29, 1.82) is 0 Å². The lowest BCUT2D eigenvalue weighted by molar-refractivity contribution is 0.608. The highest BCUT2D eigenvalue weighted by Gasteiger charge is 2.23. The minimum Gasteiger partial charge on any atom is -0.456 e. The first-order chi connectivity index (χ1) is 26.2. The van der Waals surface area contributed by atoms with E-state index in [9.17, 15) is 0 Å². The van der Waals surface area contributed by atoms with E-state index in [4.69, 9.17) is 18.2 Å². The molecule has 0 atom stereocenters. The molecule has 0 unspecified atom stereocenters. The van der Waals surface area contributed by atoms with Crippen molar-refractivity contribution in [2.45, 2.75) is 0 Å². The minimum absolute atomic E-state index is 0.509. The summed E-state index contributed by atoms with van der Waals surface area (Å²) < 4.78 is 20.5. The summed E-state index contributed by atoms with van der Waals surface area (Å²) in [6.45, 7) is 0. The van der Waals surface area contributed by atoms with E-state index < -0.39 is 0 Å². The summed E-state index contributed by atoms with van der Waals surface area (Å²) in [7, 11) is 0. The largest absolute Gasteiger partial charge is 0.456 e. The van der Waals surface area contributed by atoms with Crippen LogP contribution in [0.5, 0.6) is 0 Å². The molecule has 0 bridgehead atoms. The Labute approximate surface area is 311 Å². The second kappa shape index (κ2) is 11.7. The number of halogens is 1. The molecule has 5 nitrogen and oxygen atoms in total. The third kappa shape index (κ3) is 4.66. The van der Waals surface area contributed by atoms with Crippen LogP contribution >= 0.6 is 15.9 Å². The van der Waals surface area contributed by atoms with E-state index in [1.165, 1.54) is 0 Å². The lowest BCUT2D eigenvalue weighted by atomic mass is 9.94. The third-order valence-corrected chi connectivity index (χ3v) is 10.8. The molecule has 250 valence electrons. The van der Waals surface area contributed by atoms with Gasteiger partial charge in [0.15, 0.2) is 5.58 Å². The predicted octanol–water partition coefficient (Wildman–Crippen LogP) is 14.3. The first kappa shape index (κ1) is 30.0. The highest BCUT2D eigenvalue weighted by Crippen LogP contribution is 2.46. The standard InChI is InChI=1S/C47H27BrN2O3/c48-37-26-28(27-43-45(37)35-14-4-6-23-40(35)51-43)30-15-11-25-42-44(30)36-20-9-19-34(46(36)52-42)32-16-8-18-33-31(32)17-10-22-39(33)50(29-12-2-1-3-13-29)47-49-38-21-5-7-24-41(38)53-47/h1-27H. The zero-order valence-electron chi connectivity index (χ0n) is 28.1. The van der Waals surface area contributed by atoms with Gasteiger partial charge in [0.25, 0.3) is 0 Å². The molecule has 3 aromatic heterocycles. The van der Waals surface area contributed by atoms with Gasteiger partial charge in [-0.15, -0.1) is 0 Å². The lowest BCUT2D eigenvalue weighted by Crippen LogP contribution is -2.10. The SMILES string of the molecule is Brc1cc(-c2cccc3oc4c(-c5cccc6c(N(c7ccccc7)c7nc8ccccc8o7)cccc56)cccc4c23)cc2oc3ccccc3c12. The van der Waals surface area contributed by atoms with E-state index in [0.717, 1.165) is 104 Å². The van der Waals surface area contributed by atoms with Crippen LogP contribution in [0.1, 0.15) is 0 Å². The Balaban J connectivity index is 1.10. The van der Waals surface area contributed by atoms with Crippen LogP contribution in [0.2, 0.25) is 0 Å². The number of hydrogen-bond donors (Lipinski definition) is 0. The van der Waals surface area contributed by atoms with Crippen LogP contribution in [-0.2, 0) is 0 Å². The van der Waals surface area contributed by atoms with Gasteiger partial charge in [-0.25, -0.2) is 0 Å². The van der Waals surface area contributed by atoms with Crippen molar-refractivity contribution < 1.29 is 13.3 Å². The summed E-state index contributed by atoms with van der Waals surface area (Å²) >= 11 is 3.87. The Hall–Kier alpha value is -6.63. The molecule has 0 saturated heterocycles. The zero-order valence-corrected chi connectivity index (χ0v) is 29.7. The van der Waals surface area contributed by atoms with Gasteiger partial charge >= 0.3 is 6.01 Å². The fourth-order valence-electron chi connectivity index (χ4n) is 7.87. The maximum Gasteiger partial charge on any atom is 0.307 e. The summed E-state index contributed by atoms with van der Waals surface area (Å²) in [6, 6.07) is 56.7. The van der Waals surface area contributed by atoms with E-state index in [-0.39, 0.29) is 0 Å². The van der Waals surface area contributed by atoms with Gasteiger partial charge in [0.1, 0.15) is 27.8 Å². The molecular weight excluding hydrogens is 720 g/mol. The average molecular weight is 748 g/mol. The number of aromatic nitrogens is 1. The van der Waals surface area contributed by atoms with Crippen LogP contribution in [0.4, 0.5) is 17.4 Å². The topological polar surface area (TPSA) is 55.6 Å². The van der Waals surface area contributed by atoms with E-state index >= 15 is 0 Å². The molecule has 0 radical (unpaired) electrons.